The fourth-order valence-corrected chi connectivity index (χ4v) is 2.93. The third kappa shape index (κ3) is 5.22. The number of hydrogen-bond acceptors (Lipinski definition) is 5. The van der Waals surface area contributed by atoms with Crippen LogP contribution in [0.2, 0.25) is 0 Å². The first-order valence-electron chi connectivity index (χ1n) is 9.59. The van der Waals surface area contributed by atoms with Gasteiger partial charge in [-0.15, -0.1) is 0 Å². The first-order chi connectivity index (χ1) is 14.3. The number of benzene rings is 1. The zero-order chi connectivity index (χ0) is 21.7. The molecule has 1 atom stereocenters. The zero-order valence-electron chi connectivity index (χ0n) is 17.5. The second kappa shape index (κ2) is 9.21. The van der Waals surface area contributed by atoms with E-state index in [0.29, 0.717) is 17.9 Å². The number of amides is 1. The summed E-state index contributed by atoms with van der Waals surface area (Å²) < 4.78 is 8.67. The van der Waals surface area contributed by atoms with E-state index in [1.165, 1.54) is 13.0 Å². The first-order valence-corrected chi connectivity index (χ1v) is 9.59. The second-order valence-electron chi connectivity index (χ2n) is 7.03. The Kier molecular flexibility index (Phi) is 6.46. The topological polar surface area (TPSA) is 91.0 Å². The Bertz CT molecular complexity index is 1070. The molecule has 8 nitrogen and oxygen atoms in total. The van der Waals surface area contributed by atoms with Gasteiger partial charge in [0, 0.05) is 24.9 Å². The molecule has 2 heterocycles. The van der Waals surface area contributed by atoms with Gasteiger partial charge in [0.25, 0.3) is 5.91 Å². The highest BCUT2D eigenvalue weighted by atomic mass is 16.5. The first kappa shape index (κ1) is 21.0. The Morgan fingerprint density at radius 3 is 2.63 bits per heavy atom. The SMILES string of the molecule is Cc1nn(C)c(C)c1NC(=O)[C@@H](C)OC(=O)/C=C/c1cnn(Cc2ccccc2)c1. The highest BCUT2D eigenvalue weighted by Gasteiger charge is 2.20. The van der Waals surface area contributed by atoms with Crippen molar-refractivity contribution in [1.29, 1.82) is 0 Å². The number of nitrogens with one attached hydrogen (secondary N) is 1. The van der Waals surface area contributed by atoms with E-state index in [1.807, 2.05) is 43.5 Å². The maximum absolute atomic E-state index is 12.3. The number of rotatable bonds is 7. The predicted molar refractivity (Wildman–Crippen MR) is 114 cm³/mol. The number of anilines is 1. The van der Waals surface area contributed by atoms with Crippen molar-refractivity contribution in [2.75, 3.05) is 5.32 Å². The lowest BCUT2D eigenvalue weighted by Crippen LogP contribution is -2.29. The van der Waals surface area contributed by atoms with E-state index in [1.54, 1.807) is 35.6 Å². The molecule has 8 heteroatoms. The molecule has 156 valence electrons. The maximum atomic E-state index is 12.3. The number of aryl methyl sites for hydroxylation is 2. The number of ether oxygens (including phenoxy) is 1. The molecule has 3 aromatic rings. The van der Waals surface area contributed by atoms with E-state index in [9.17, 15) is 9.59 Å². The minimum Gasteiger partial charge on any atom is -0.449 e. The molecule has 0 radical (unpaired) electrons. The molecule has 0 aliphatic heterocycles. The molecule has 0 fully saturated rings. The van der Waals surface area contributed by atoms with Gasteiger partial charge < -0.3 is 10.1 Å². The van der Waals surface area contributed by atoms with Crippen LogP contribution in [0.1, 0.15) is 29.4 Å². The Hall–Kier alpha value is -3.68. The molecule has 30 heavy (non-hydrogen) atoms. The average molecular weight is 407 g/mol. The summed E-state index contributed by atoms with van der Waals surface area (Å²) in [5.74, 6) is -1.01. The van der Waals surface area contributed by atoms with Crippen LogP contribution in [-0.4, -0.2) is 37.5 Å². The second-order valence-corrected chi connectivity index (χ2v) is 7.03. The minimum absolute atomic E-state index is 0.411. The van der Waals surface area contributed by atoms with Gasteiger partial charge in [0.15, 0.2) is 6.10 Å². The number of aromatic nitrogens is 4. The van der Waals surface area contributed by atoms with E-state index in [4.69, 9.17) is 4.74 Å². The van der Waals surface area contributed by atoms with Crippen LogP contribution in [0.4, 0.5) is 5.69 Å². The summed E-state index contributed by atoms with van der Waals surface area (Å²) >= 11 is 0. The van der Waals surface area contributed by atoms with Gasteiger partial charge in [0.1, 0.15) is 0 Å². The monoisotopic (exact) mass is 407 g/mol. The predicted octanol–water partition coefficient (Wildman–Crippen LogP) is 2.87. The molecule has 0 saturated heterocycles. The van der Waals surface area contributed by atoms with Crippen molar-refractivity contribution in [1.82, 2.24) is 19.6 Å². The highest BCUT2D eigenvalue weighted by molar-refractivity contribution is 5.97. The van der Waals surface area contributed by atoms with Crippen molar-refractivity contribution in [3.05, 3.63) is 71.3 Å². The van der Waals surface area contributed by atoms with Crippen LogP contribution in [0.15, 0.2) is 48.8 Å². The summed E-state index contributed by atoms with van der Waals surface area (Å²) in [5, 5.41) is 11.3. The zero-order valence-corrected chi connectivity index (χ0v) is 17.5. The van der Waals surface area contributed by atoms with Crippen molar-refractivity contribution in [3.8, 4) is 0 Å². The molecule has 0 bridgehead atoms. The summed E-state index contributed by atoms with van der Waals surface area (Å²) in [4.78, 5) is 24.4. The van der Waals surface area contributed by atoms with Gasteiger partial charge in [0.2, 0.25) is 0 Å². The van der Waals surface area contributed by atoms with Crippen LogP contribution in [0.5, 0.6) is 0 Å². The van der Waals surface area contributed by atoms with Crippen molar-refractivity contribution < 1.29 is 14.3 Å². The van der Waals surface area contributed by atoms with Gasteiger partial charge in [-0.3, -0.25) is 14.2 Å². The highest BCUT2D eigenvalue weighted by Crippen LogP contribution is 2.18. The Labute approximate surface area is 175 Å². The van der Waals surface area contributed by atoms with E-state index in [0.717, 1.165) is 16.8 Å². The van der Waals surface area contributed by atoms with Crippen molar-refractivity contribution in [3.63, 3.8) is 0 Å². The largest absolute Gasteiger partial charge is 0.449 e. The fourth-order valence-electron chi connectivity index (χ4n) is 2.93. The van der Waals surface area contributed by atoms with E-state index in [-0.39, 0.29) is 0 Å². The standard InChI is InChI=1S/C22H25N5O3/c1-15-21(16(2)26(4)25-15)24-22(29)17(3)30-20(28)11-10-19-12-23-27(14-19)13-18-8-6-5-7-9-18/h5-12,14,17H,13H2,1-4H3,(H,24,29)/b11-10+/t17-/m1/s1. The van der Waals surface area contributed by atoms with Crippen LogP contribution >= 0.6 is 0 Å². The van der Waals surface area contributed by atoms with Gasteiger partial charge in [-0.2, -0.15) is 10.2 Å². The number of carbonyl (C=O) groups excluding carboxylic acids is 2. The van der Waals surface area contributed by atoms with E-state index in [2.05, 4.69) is 15.5 Å². The molecule has 3 rings (SSSR count). The quantitative estimate of drug-likeness (QED) is 0.480. The lowest BCUT2D eigenvalue weighted by atomic mass is 10.2. The van der Waals surface area contributed by atoms with Crippen molar-refractivity contribution in [2.45, 2.75) is 33.4 Å². The maximum Gasteiger partial charge on any atom is 0.331 e. The molecule has 0 unspecified atom stereocenters. The van der Waals surface area contributed by atoms with Crippen LogP contribution in [0.25, 0.3) is 6.08 Å². The number of hydrogen-bond donors (Lipinski definition) is 1. The normalized spacial score (nSPS) is 12.1. The Morgan fingerprint density at radius 1 is 1.23 bits per heavy atom. The average Bonchev–Trinajstić information content (AvgIpc) is 3.26. The molecule has 0 spiro atoms. The smallest absolute Gasteiger partial charge is 0.331 e. The van der Waals surface area contributed by atoms with Gasteiger partial charge in [-0.25, -0.2) is 4.79 Å². The molecular weight excluding hydrogens is 382 g/mol. The van der Waals surface area contributed by atoms with Crippen LogP contribution < -0.4 is 5.32 Å². The molecule has 2 aromatic heterocycles. The molecule has 1 aromatic carbocycles. The van der Waals surface area contributed by atoms with Gasteiger partial charge in [-0.05, 0) is 32.4 Å². The van der Waals surface area contributed by atoms with Crippen molar-refractivity contribution >= 4 is 23.6 Å². The Balaban J connectivity index is 1.53. The van der Waals surface area contributed by atoms with Gasteiger partial charge >= 0.3 is 5.97 Å². The van der Waals surface area contributed by atoms with Crippen LogP contribution in [0.3, 0.4) is 0 Å². The molecule has 1 N–H and O–H groups in total. The summed E-state index contributed by atoms with van der Waals surface area (Å²) in [5.41, 5.74) is 4.06. The van der Waals surface area contributed by atoms with E-state index < -0.39 is 18.0 Å². The fraction of sp³-hybridized carbons (Fsp3) is 0.273. The molecular formula is C22H25N5O3. The third-order valence-corrected chi connectivity index (χ3v) is 4.67. The van der Waals surface area contributed by atoms with E-state index >= 15 is 0 Å². The molecule has 0 saturated carbocycles. The van der Waals surface area contributed by atoms with Crippen molar-refractivity contribution in [2.24, 2.45) is 7.05 Å². The summed E-state index contributed by atoms with van der Waals surface area (Å²) in [6.45, 7) is 5.83. The summed E-state index contributed by atoms with van der Waals surface area (Å²) in [7, 11) is 1.80. The number of carbonyl (C=O) groups is 2. The molecule has 0 aliphatic rings. The summed E-state index contributed by atoms with van der Waals surface area (Å²) in [6.07, 6.45) is 5.45. The lowest BCUT2D eigenvalue weighted by molar-refractivity contribution is -0.148. The minimum atomic E-state index is -0.943. The molecule has 1 amide bonds. The number of esters is 1. The number of nitrogens with zero attached hydrogens (tertiary/aromatic N) is 4. The Morgan fingerprint density at radius 2 is 1.97 bits per heavy atom. The van der Waals surface area contributed by atoms with Crippen LogP contribution in [-0.2, 0) is 27.9 Å². The van der Waals surface area contributed by atoms with Crippen LogP contribution in [0, 0.1) is 13.8 Å². The third-order valence-electron chi connectivity index (χ3n) is 4.67. The molecule has 0 aliphatic carbocycles. The lowest BCUT2D eigenvalue weighted by Gasteiger charge is -2.12. The summed E-state index contributed by atoms with van der Waals surface area (Å²) in [6, 6.07) is 9.96. The van der Waals surface area contributed by atoms with Gasteiger partial charge in [0.05, 0.1) is 29.8 Å². The van der Waals surface area contributed by atoms with Gasteiger partial charge in [-0.1, -0.05) is 30.3 Å².